The van der Waals surface area contributed by atoms with Crippen LogP contribution in [0.1, 0.15) is 30.6 Å². The van der Waals surface area contributed by atoms with Gasteiger partial charge in [0, 0.05) is 25.1 Å². The van der Waals surface area contributed by atoms with Crippen molar-refractivity contribution in [3.63, 3.8) is 0 Å². The van der Waals surface area contributed by atoms with E-state index in [0.29, 0.717) is 36.0 Å². The number of carbonyl (C=O) groups is 1. The summed E-state index contributed by atoms with van der Waals surface area (Å²) in [4.78, 5) is 14.6. The Morgan fingerprint density at radius 2 is 2.15 bits per heavy atom. The highest BCUT2D eigenvalue weighted by Crippen LogP contribution is 2.21. The Morgan fingerprint density at radius 1 is 1.50 bits per heavy atom. The number of benzene rings is 1. The second-order valence-corrected chi connectivity index (χ2v) is 6.71. The topological polar surface area (TPSA) is 66.6 Å². The molecule has 1 aromatic rings. The summed E-state index contributed by atoms with van der Waals surface area (Å²) in [5.74, 6) is 0.361. The Bertz CT molecular complexity index is 506. The van der Waals surface area contributed by atoms with Gasteiger partial charge in [-0.15, -0.1) is 0 Å². The molecule has 0 aromatic heterocycles. The number of halogens is 1. The molecule has 20 heavy (non-hydrogen) atoms. The van der Waals surface area contributed by atoms with Crippen molar-refractivity contribution in [1.82, 2.24) is 4.90 Å². The van der Waals surface area contributed by atoms with Crippen LogP contribution in [0.2, 0.25) is 0 Å². The number of rotatable bonds is 6. The van der Waals surface area contributed by atoms with Gasteiger partial charge < -0.3 is 15.7 Å². The molecule has 0 aliphatic carbocycles. The molecule has 0 aliphatic heterocycles. The van der Waals surface area contributed by atoms with Crippen LogP contribution in [0.3, 0.4) is 0 Å². The van der Waals surface area contributed by atoms with Crippen molar-refractivity contribution in [1.29, 1.82) is 0 Å². The van der Waals surface area contributed by atoms with E-state index in [9.17, 15) is 9.90 Å². The van der Waals surface area contributed by atoms with E-state index in [1.165, 1.54) is 6.07 Å². The molecule has 1 amide bonds. The number of carbonyl (C=O) groups excluding carboxylic acids is 1. The third kappa shape index (κ3) is 5.24. The zero-order valence-corrected chi connectivity index (χ0v) is 14.6. The minimum atomic E-state index is -0.110. The number of amides is 1. The molecule has 0 atom stereocenters. The van der Waals surface area contributed by atoms with Crippen LogP contribution in [0.5, 0.6) is 5.75 Å². The van der Waals surface area contributed by atoms with Gasteiger partial charge >= 0.3 is 0 Å². The van der Waals surface area contributed by atoms with Crippen molar-refractivity contribution in [2.45, 2.75) is 20.3 Å². The SMILES string of the molecule is CC(C)CN(CCC(N)=S)C(=O)c1ccc(I)c(O)c1. The van der Waals surface area contributed by atoms with E-state index in [4.69, 9.17) is 18.0 Å². The van der Waals surface area contributed by atoms with Gasteiger partial charge in [0.1, 0.15) is 5.75 Å². The summed E-state index contributed by atoms with van der Waals surface area (Å²) in [6.45, 7) is 5.23. The molecule has 110 valence electrons. The lowest BCUT2D eigenvalue weighted by molar-refractivity contribution is 0.0740. The minimum absolute atomic E-state index is 0.110. The zero-order chi connectivity index (χ0) is 15.3. The lowest BCUT2D eigenvalue weighted by Crippen LogP contribution is -2.36. The number of phenols is 1. The summed E-state index contributed by atoms with van der Waals surface area (Å²) in [5, 5.41) is 9.71. The second kappa shape index (κ2) is 7.78. The summed E-state index contributed by atoms with van der Waals surface area (Å²) >= 11 is 6.89. The molecule has 0 heterocycles. The van der Waals surface area contributed by atoms with Crippen LogP contribution in [0.4, 0.5) is 0 Å². The van der Waals surface area contributed by atoms with Gasteiger partial charge in [0.25, 0.3) is 5.91 Å². The minimum Gasteiger partial charge on any atom is -0.507 e. The lowest BCUT2D eigenvalue weighted by atomic mass is 10.1. The van der Waals surface area contributed by atoms with Crippen molar-refractivity contribution in [2.24, 2.45) is 11.7 Å². The highest BCUT2D eigenvalue weighted by molar-refractivity contribution is 14.1. The van der Waals surface area contributed by atoms with Gasteiger partial charge in [-0.1, -0.05) is 26.1 Å². The van der Waals surface area contributed by atoms with E-state index in [1.807, 2.05) is 36.4 Å². The predicted octanol–water partition coefficient (Wildman–Crippen LogP) is 2.77. The van der Waals surface area contributed by atoms with Crippen LogP contribution < -0.4 is 5.73 Å². The second-order valence-electron chi connectivity index (χ2n) is 5.03. The highest BCUT2D eigenvalue weighted by atomic mass is 127. The maximum absolute atomic E-state index is 12.5. The average Bonchev–Trinajstić information content (AvgIpc) is 2.36. The monoisotopic (exact) mass is 406 g/mol. The molecule has 3 N–H and O–H groups in total. The van der Waals surface area contributed by atoms with Crippen LogP contribution in [-0.4, -0.2) is 34.0 Å². The number of phenolic OH excluding ortho intramolecular Hbond substituents is 1. The first-order valence-electron chi connectivity index (χ1n) is 6.37. The van der Waals surface area contributed by atoms with Crippen molar-refractivity contribution < 1.29 is 9.90 Å². The van der Waals surface area contributed by atoms with Gasteiger partial charge in [0.2, 0.25) is 0 Å². The lowest BCUT2D eigenvalue weighted by Gasteiger charge is -2.24. The standard InChI is InChI=1S/C14H19IN2O2S/c1-9(2)8-17(6-5-13(16)20)14(19)10-3-4-11(15)12(18)7-10/h3-4,7,9,18H,5-6,8H2,1-2H3,(H2,16,20). The number of hydrogen-bond donors (Lipinski definition) is 2. The maximum atomic E-state index is 12.5. The van der Waals surface area contributed by atoms with Crippen molar-refractivity contribution in [3.8, 4) is 5.75 Å². The molecule has 0 fully saturated rings. The Morgan fingerprint density at radius 3 is 2.65 bits per heavy atom. The van der Waals surface area contributed by atoms with Gasteiger partial charge in [-0.2, -0.15) is 0 Å². The summed E-state index contributed by atoms with van der Waals surface area (Å²) in [7, 11) is 0. The molecule has 0 spiro atoms. The van der Waals surface area contributed by atoms with Gasteiger partial charge in [-0.05, 0) is 46.7 Å². The summed E-state index contributed by atoms with van der Waals surface area (Å²) in [6, 6.07) is 4.94. The Kier molecular flexibility index (Phi) is 6.67. The Labute approximate surface area is 138 Å². The fourth-order valence-electron chi connectivity index (χ4n) is 1.79. The Balaban J connectivity index is 2.90. The number of nitrogens with two attached hydrogens (primary N) is 1. The molecule has 6 heteroatoms. The van der Waals surface area contributed by atoms with Crippen molar-refractivity contribution in [2.75, 3.05) is 13.1 Å². The zero-order valence-electron chi connectivity index (χ0n) is 11.6. The largest absolute Gasteiger partial charge is 0.507 e. The molecule has 0 aliphatic rings. The molecule has 1 aromatic carbocycles. The van der Waals surface area contributed by atoms with Gasteiger partial charge in [-0.3, -0.25) is 4.79 Å². The van der Waals surface area contributed by atoms with E-state index >= 15 is 0 Å². The van der Waals surface area contributed by atoms with E-state index in [1.54, 1.807) is 17.0 Å². The van der Waals surface area contributed by atoms with Gasteiger partial charge in [0.05, 0.1) is 8.56 Å². The van der Waals surface area contributed by atoms with E-state index in [2.05, 4.69) is 0 Å². The van der Waals surface area contributed by atoms with Gasteiger partial charge in [-0.25, -0.2) is 0 Å². The molecule has 0 radical (unpaired) electrons. The average molecular weight is 406 g/mol. The number of thiocarbonyl (C=S) groups is 1. The van der Waals surface area contributed by atoms with E-state index in [0.717, 1.165) is 3.57 Å². The summed E-state index contributed by atoms with van der Waals surface area (Å²) < 4.78 is 0.720. The van der Waals surface area contributed by atoms with Gasteiger partial charge in [0.15, 0.2) is 0 Å². The quantitative estimate of drug-likeness (QED) is 0.563. The molecular formula is C14H19IN2O2S. The highest BCUT2D eigenvalue weighted by Gasteiger charge is 2.18. The van der Waals surface area contributed by atoms with Crippen LogP contribution in [0, 0.1) is 9.49 Å². The van der Waals surface area contributed by atoms with E-state index < -0.39 is 0 Å². The molecule has 0 saturated heterocycles. The van der Waals surface area contributed by atoms with Crippen molar-refractivity contribution in [3.05, 3.63) is 27.3 Å². The normalized spacial score (nSPS) is 10.6. The number of aromatic hydroxyl groups is 1. The first-order valence-corrected chi connectivity index (χ1v) is 7.86. The van der Waals surface area contributed by atoms with Crippen LogP contribution in [-0.2, 0) is 0 Å². The Hall–Kier alpha value is -0.890. The smallest absolute Gasteiger partial charge is 0.254 e. The number of hydrogen-bond acceptors (Lipinski definition) is 3. The molecule has 0 bridgehead atoms. The third-order valence-electron chi connectivity index (χ3n) is 2.69. The fourth-order valence-corrected chi connectivity index (χ4v) is 2.22. The van der Waals surface area contributed by atoms with Crippen LogP contribution in [0.25, 0.3) is 0 Å². The summed E-state index contributed by atoms with van der Waals surface area (Å²) in [6.07, 6.45) is 0.504. The molecule has 4 nitrogen and oxygen atoms in total. The van der Waals surface area contributed by atoms with Crippen molar-refractivity contribution >= 4 is 45.7 Å². The van der Waals surface area contributed by atoms with E-state index in [-0.39, 0.29) is 11.7 Å². The fraction of sp³-hybridized carbons (Fsp3) is 0.429. The van der Waals surface area contributed by atoms with Crippen LogP contribution >= 0.6 is 34.8 Å². The number of nitrogens with zero attached hydrogens (tertiary/aromatic N) is 1. The summed E-state index contributed by atoms with van der Waals surface area (Å²) in [5.41, 5.74) is 5.99. The first kappa shape index (κ1) is 17.2. The molecule has 1 rings (SSSR count). The molecule has 0 unspecified atom stereocenters. The maximum Gasteiger partial charge on any atom is 0.254 e. The first-order chi connectivity index (χ1) is 9.31. The predicted molar refractivity (Wildman–Crippen MR) is 93.0 cm³/mol. The molecule has 0 saturated carbocycles. The third-order valence-corrected chi connectivity index (χ3v) is 3.81. The molecular weight excluding hydrogens is 387 g/mol. The van der Waals surface area contributed by atoms with Crippen LogP contribution in [0.15, 0.2) is 18.2 Å².